The Kier molecular flexibility index (Phi) is 15.4. The summed E-state index contributed by atoms with van der Waals surface area (Å²) in [6, 6.07) is 9.25. The second-order valence-corrected chi connectivity index (χ2v) is 21.1. The fourth-order valence-electron chi connectivity index (χ4n) is 9.69. The number of anilines is 2. The maximum Gasteiger partial charge on any atom is 0.410 e. The number of nitrogens with zero attached hydrogens (tertiary/aromatic N) is 4. The van der Waals surface area contributed by atoms with Gasteiger partial charge in [-0.2, -0.15) is 16.8 Å². The number of carbonyl (C=O) groups is 3. The molecule has 1 saturated heterocycles. The minimum atomic E-state index is -4.48. The monoisotopic (exact) mass is 951 g/mol. The number of unbranched alkanes of at least 4 members (excludes halogenated alkanes) is 4. The first-order chi connectivity index (χ1) is 31.0. The molecular weight excluding hydrogens is 889 g/mol. The zero-order valence-corrected chi connectivity index (χ0v) is 40.1. The number of amides is 1. The second-order valence-electron chi connectivity index (χ2n) is 18.3. The van der Waals surface area contributed by atoms with E-state index in [4.69, 9.17) is 4.74 Å². The van der Waals surface area contributed by atoms with Gasteiger partial charge in [-0.15, -0.1) is 0 Å². The lowest BCUT2D eigenvalue weighted by atomic mass is 9.83. The van der Waals surface area contributed by atoms with Crippen LogP contribution in [-0.2, 0) is 45.4 Å². The van der Waals surface area contributed by atoms with E-state index in [9.17, 15) is 50.5 Å². The molecule has 0 spiro atoms. The fourth-order valence-corrected chi connectivity index (χ4v) is 10.7. The topological polar surface area (TPSA) is 222 Å². The van der Waals surface area contributed by atoms with Gasteiger partial charge in [0.05, 0.1) is 29.5 Å². The average molecular weight is 952 g/mol. The van der Waals surface area contributed by atoms with Crippen LogP contribution in [-0.4, -0.2) is 115 Å². The van der Waals surface area contributed by atoms with Gasteiger partial charge < -0.3 is 24.7 Å². The summed E-state index contributed by atoms with van der Waals surface area (Å²) in [6.07, 6.45) is 13.3. The van der Waals surface area contributed by atoms with Crippen molar-refractivity contribution in [2.45, 2.75) is 119 Å². The number of carboxylic acids is 2. The maximum absolute atomic E-state index is 12.7. The number of aliphatic carboxylic acids is 2. The lowest BCUT2D eigenvalue weighted by Gasteiger charge is -2.27. The van der Waals surface area contributed by atoms with Crippen molar-refractivity contribution in [3.05, 3.63) is 94.4 Å². The normalized spacial score (nSPS) is 20.5. The lowest BCUT2D eigenvalue weighted by Crippen LogP contribution is -2.47. The minimum absolute atomic E-state index is 0.0693. The van der Waals surface area contributed by atoms with E-state index in [-0.39, 0.29) is 35.3 Å². The Balaban J connectivity index is 1.42. The van der Waals surface area contributed by atoms with Crippen molar-refractivity contribution in [2.75, 3.05) is 55.7 Å². The molecule has 4 aliphatic rings. The third-order valence-corrected chi connectivity index (χ3v) is 14.8. The molecule has 0 bridgehead atoms. The van der Waals surface area contributed by atoms with E-state index in [0.717, 1.165) is 50.8 Å². The summed E-state index contributed by atoms with van der Waals surface area (Å²) >= 11 is 0. The highest BCUT2D eigenvalue weighted by molar-refractivity contribution is 7.86. The van der Waals surface area contributed by atoms with Crippen LogP contribution in [0.15, 0.2) is 93.0 Å². The van der Waals surface area contributed by atoms with Gasteiger partial charge in [-0.25, -0.2) is 9.37 Å². The molecule has 2 fully saturated rings. The van der Waals surface area contributed by atoms with Gasteiger partial charge in [0.1, 0.15) is 0 Å². The summed E-state index contributed by atoms with van der Waals surface area (Å²) in [7, 11) is -8.95. The SMILES string of the molecule is CCOC(=O)N1CC[N+](=C2C(=C/C=C3\N(CCCCCC(=O)O)c4ccc(S(=O)(=O)O)cc4C3(C)C)CC/C2=C\C=C2/N(CCCCCC(=O)O)c3ccc(S(=O)(=O)O)cc3C2(C)C)CC1. The van der Waals surface area contributed by atoms with Gasteiger partial charge in [-0.05, 0) is 105 Å². The van der Waals surface area contributed by atoms with E-state index in [1.54, 1.807) is 24.0 Å². The smallest absolute Gasteiger partial charge is 0.410 e. The van der Waals surface area contributed by atoms with Crippen molar-refractivity contribution < 1.29 is 59.9 Å². The van der Waals surface area contributed by atoms with Crippen molar-refractivity contribution in [3.63, 3.8) is 0 Å². The molecule has 2 aromatic rings. The van der Waals surface area contributed by atoms with Crippen molar-refractivity contribution in [1.82, 2.24) is 4.90 Å². The number of allylic oxidation sites excluding steroid dienone is 8. The van der Waals surface area contributed by atoms with E-state index in [2.05, 4.69) is 38.7 Å². The number of rotatable bonds is 17. The third-order valence-electron chi connectivity index (χ3n) is 13.1. The lowest BCUT2D eigenvalue weighted by molar-refractivity contribution is -0.537. The number of benzene rings is 2. The standard InChI is InChI=1S/C48H62N4O12S2/c1-6-64-46(57)50-29-27-49(28-30-50)45-33(17-23-41-47(2,3)37-31-35(65(58,59)60)19-21-39(37)51(41)25-11-7-9-13-43(53)54)15-16-34(45)18-24-42-48(4,5)38-32-36(66(61,62)63)20-22-40(38)52(42)26-12-8-10-14-44(55)56/h17-24,31-32H,6-16,25-30H2,1-5H3,(H3-,53,54,55,56,58,59,60,61,62,63)/p+1. The van der Waals surface area contributed by atoms with Crippen LogP contribution in [0.5, 0.6) is 0 Å². The van der Waals surface area contributed by atoms with Gasteiger partial charge in [0.15, 0.2) is 13.1 Å². The molecule has 3 heterocycles. The van der Waals surface area contributed by atoms with Crippen LogP contribution in [0.2, 0.25) is 0 Å². The Morgan fingerprint density at radius 1 is 0.667 bits per heavy atom. The van der Waals surface area contributed by atoms with Gasteiger partial charge in [0, 0.05) is 70.7 Å². The van der Waals surface area contributed by atoms with Crippen molar-refractivity contribution in [2.24, 2.45) is 0 Å². The Labute approximate surface area is 388 Å². The van der Waals surface area contributed by atoms with E-state index < -0.39 is 43.0 Å². The first-order valence-corrected chi connectivity index (χ1v) is 25.5. The fraction of sp³-hybridized carbons (Fsp3) is 0.500. The molecule has 1 saturated carbocycles. The molecule has 0 aromatic heterocycles. The largest absolute Gasteiger partial charge is 0.481 e. The third kappa shape index (κ3) is 11.1. The predicted molar refractivity (Wildman–Crippen MR) is 251 cm³/mol. The van der Waals surface area contributed by atoms with Crippen LogP contribution >= 0.6 is 0 Å². The summed E-state index contributed by atoms with van der Waals surface area (Å²) in [5.74, 6) is -1.70. The van der Waals surface area contributed by atoms with Crippen LogP contribution in [0, 0.1) is 0 Å². The summed E-state index contributed by atoms with van der Waals surface area (Å²) < 4.78 is 76.6. The minimum Gasteiger partial charge on any atom is -0.481 e. The van der Waals surface area contributed by atoms with E-state index in [0.29, 0.717) is 90.6 Å². The Morgan fingerprint density at radius 2 is 1.09 bits per heavy atom. The summed E-state index contributed by atoms with van der Waals surface area (Å²) in [5.41, 5.74) is 6.70. The zero-order chi connectivity index (χ0) is 48.2. The molecule has 6 rings (SSSR count). The second kappa shape index (κ2) is 20.3. The molecule has 2 aromatic carbocycles. The summed E-state index contributed by atoms with van der Waals surface area (Å²) in [4.78, 5) is 40.8. The Morgan fingerprint density at radius 3 is 1.47 bits per heavy atom. The van der Waals surface area contributed by atoms with Gasteiger partial charge in [-0.3, -0.25) is 23.6 Å². The number of carboxylic acid groups (broad SMARTS) is 2. The molecule has 0 unspecified atom stereocenters. The number of ether oxygens (including phenoxy) is 1. The number of hydrogen-bond acceptors (Lipinski definition) is 10. The van der Waals surface area contributed by atoms with Crippen LogP contribution in [0.4, 0.5) is 16.2 Å². The van der Waals surface area contributed by atoms with Gasteiger partial charge >= 0.3 is 18.0 Å². The zero-order valence-electron chi connectivity index (χ0n) is 38.5. The molecule has 3 aliphatic heterocycles. The Bertz CT molecular complexity index is 2460. The van der Waals surface area contributed by atoms with Crippen LogP contribution in [0.25, 0.3) is 0 Å². The van der Waals surface area contributed by atoms with E-state index in [1.807, 2.05) is 27.7 Å². The van der Waals surface area contributed by atoms with Crippen LogP contribution < -0.4 is 9.80 Å². The Hall–Kier alpha value is -5.30. The number of piperazine rings is 1. The molecular formula is C48H63N4O12S2+. The number of carbonyl (C=O) groups excluding carboxylic acids is 1. The first-order valence-electron chi connectivity index (χ1n) is 22.7. The number of fused-ring (bicyclic) bond motifs is 2. The molecule has 358 valence electrons. The van der Waals surface area contributed by atoms with Gasteiger partial charge in [-0.1, -0.05) is 52.7 Å². The highest BCUT2D eigenvalue weighted by Gasteiger charge is 2.43. The summed E-state index contributed by atoms with van der Waals surface area (Å²) in [6.45, 7) is 13.2. The van der Waals surface area contributed by atoms with Crippen molar-refractivity contribution in [3.8, 4) is 0 Å². The molecule has 18 heteroatoms. The molecule has 0 radical (unpaired) electrons. The first kappa shape index (κ1) is 50.1. The van der Waals surface area contributed by atoms with E-state index >= 15 is 0 Å². The quantitative estimate of drug-likeness (QED) is 0.0678. The average Bonchev–Trinajstić information content (AvgIpc) is 3.81. The molecule has 66 heavy (non-hydrogen) atoms. The molecule has 1 aliphatic carbocycles. The molecule has 1 amide bonds. The van der Waals surface area contributed by atoms with E-state index in [1.165, 1.54) is 24.3 Å². The van der Waals surface area contributed by atoms with Crippen LogP contribution in [0.1, 0.15) is 110 Å². The highest BCUT2D eigenvalue weighted by atomic mass is 32.2. The van der Waals surface area contributed by atoms with Crippen molar-refractivity contribution >= 4 is 55.4 Å². The van der Waals surface area contributed by atoms with Crippen LogP contribution in [0.3, 0.4) is 0 Å². The molecule has 0 atom stereocenters. The van der Waals surface area contributed by atoms with Gasteiger partial charge in [0.2, 0.25) is 5.71 Å². The highest BCUT2D eigenvalue weighted by Crippen LogP contribution is 2.50. The van der Waals surface area contributed by atoms with Gasteiger partial charge in [0.25, 0.3) is 20.2 Å². The molecule has 4 N–H and O–H groups in total. The molecule has 16 nitrogen and oxygen atoms in total. The van der Waals surface area contributed by atoms with Crippen molar-refractivity contribution in [1.29, 1.82) is 0 Å². The number of hydrogen-bond donors (Lipinski definition) is 4. The summed E-state index contributed by atoms with van der Waals surface area (Å²) in [5, 5.41) is 18.4. The predicted octanol–water partition coefficient (Wildman–Crippen LogP) is 7.71. The maximum atomic E-state index is 12.7.